The SMILES string of the molecule is C[C@@H]1CN(C(=O)NCCc2cnc(C3CC3)nc2)C[C@]2(CCOC2)O1. The van der Waals surface area contributed by atoms with Gasteiger partial charge in [-0.25, -0.2) is 14.8 Å². The molecule has 0 radical (unpaired) electrons. The Morgan fingerprint density at radius 2 is 2.20 bits per heavy atom. The summed E-state index contributed by atoms with van der Waals surface area (Å²) in [6, 6.07) is -0.0306. The quantitative estimate of drug-likeness (QED) is 0.894. The van der Waals surface area contributed by atoms with Crippen LogP contribution in [0.1, 0.15) is 43.5 Å². The molecular weight excluding hydrogens is 320 g/mol. The van der Waals surface area contributed by atoms with Gasteiger partial charge >= 0.3 is 6.03 Å². The maximum absolute atomic E-state index is 12.5. The summed E-state index contributed by atoms with van der Waals surface area (Å²) in [5, 5.41) is 3.01. The first-order valence-corrected chi connectivity index (χ1v) is 9.23. The number of nitrogens with zero attached hydrogens (tertiary/aromatic N) is 3. The molecule has 1 aromatic rings. The van der Waals surface area contributed by atoms with E-state index in [1.165, 1.54) is 12.8 Å². The van der Waals surface area contributed by atoms with Gasteiger partial charge in [-0.3, -0.25) is 0 Å². The van der Waals surface area contributed by atoms with E-state index in [-0.39, 0.29) is 17.7 Å². The van der Waals surface area contributed by atoms with Crippen molar-refractivity contribution in [1.82, 2.24) is 20.2 Å². The molecule has 2 atom stereocenters. The molecule has 2 saturated heterocycles. The number of nitrogens with one attached hydrogen (secondary N) is 1. The summed E-state index contributed by atoms with van der Waals surface area (Å²) in [7, 11) is 0. The van der Waals surface area contributed by atoms with E-state index in [2.05, 4.69) is 15.3 Å². The number of carbonyl (C=O) groups excluding carboxylic acids is 1. The standard InChI is InChI=1S/C18H26N4O3/c1-13-10-22(11-18(25-13)5-7-24-12-18)17(23)19-6-4-14-8-20-16(21-9-14)15-2-3-15/h8-9,13,15H,2-7,10-12H2,1H3,(H,19,23)/t13-,18+/m1/s1. The minimum atomic E-state index is -0.318. The van der Waals surface area contributed by atoms with Crippen LogP contribution < -0.4 is 5.32 Å². The molecule has 7 nitrogen and oxygen atoms in total. The van der Waals surface area contributed by atoms with Crippen LogP contribution in [0.15, 0.2) is 12.4 Å². The highest BCUT2D eigenvalue weighted by Gasteiger charge is 2.43. The van der Waals surface area contributed by atoms with Crippen LogP contribution >= 0.6 is 0 Å². The Labute approximate surface area is 148 Å². The molecule has 25 heavy (non-hydrogen) atoms. The summed E-state index contributed by atoms with van der Waals surface area (Å²) >= 11 is 0. The molecule has 3 fully saturated rings. The predicted molar refractivity (Wildman–Crippen MR) is 91.4 cm³/mol. The first-order valence-electron chi connectivity index (χ1n) is 9.23. The van der Waals surface area contributed by atoms with Gasteiger partial charge in [0.1, 0.15) is 11.4 Å². The van der Waals surface area contributed by atoms with E-state index >= 15 is 0 Å². The van der Waals surface area contributed by atoms with Gasteiger partial charge in [0.25, 0.3) is 0 Å². The van der Waals surface area contributed by atoms with Crippen molar-refractivity contribution in [3.05, 3.63) is 23.8 Å². The molecule has 2 aliphatic heterocycles. The fourth-order valence-electron chi connectivity index (χ4n) is 3.66. The fourth-order valence-corrected chi connectivity index (χ4v) is 3.66. The number of rotatable bonds is 4. The molecule has 1 spiro atoms. The minimum absolute atomic E-state index is 0.0306. The lowest BCUT2D eigenvalue weighted by molar-refractivity contribution is -0.137. The van der Waals surface area contributed by atoms with Gasteiger partial charge in [0.05, 0.1) is 19.3 Å². The van der Waals surface area contributed by atoms with Crippen LogP contribution in [0.3, 0.4) is 0 Å². The first kappa shape index (κ1) is 16.7. The van der Waals surface area contributed by atoms with Crippen LogP contribution in [-0.4, -0.2) is 65.5 Å². The van der Waals surface area contributed by atoms with Crippen molar-refractivity contribution in [3.63, 3.8) is 0 Å². The Balaban J connectivity index is 1.26. The van der Waals surface area contributed by atoms with E-state index in [0.29, 0.717) is 38.8 Å². The summed E-state index contributed by atoms with van der Waals surface area (Å²) in [5.41, 5.74) is 0.738. The fraction of sp³-hybridized carbons (Fsp3) is 0.722. The molecule has 1 aliphatic carbocycles. The molecule has 4 rings (SSSR count). The average molecular weight is 346 g/mol. The Hall–Kier alpha value is -1.73. The number of urea groups is 1. The number of hydrogen-bond acceptors (Lipinski definition) is 5. The Morgan fingerprint density at radius 3 is 2.88 bits per heavy atom. The maximum Gasteiger partial charge on any atom is 0.317 e. The highest BCUT2D eigenvalue weighted by Crippen LogP contribution is 2.37. The number of morpholine rings is 1. The van der Waals surface area contributed by atoms with E-state index in [4.69, 9.17) is 9.47 Å². The van der Waals surface area contributed by atoms with Crippen LogP contribution in [0.4, 0.5) is 4.79 Å². The first-order chi connectivity index (χ1) is 12.1. The van der Waals surface area contributed by atoms with Crippen LogP contribution in [0.2, 0.25) is 0 Å². The van der Waals surface area contributed by atoms with Gasteiger partial charge in [-0.05, 0) is 31.7 Å². The minimum Gasteiger partial charge on any atom is -0.378 e. The summed E-state index contributed by atoms with van der Waals surface area (Å²) in [6.07, 6.45) is 7.81. The van der Waals surface area contributed by atoms with Gasteiger partial charge < -0.3 is 19.7 Å². The van der Waals surface area contributed by atoms with Crippen molar-refractivity contribution in [2.75, 3.05) is 32.8 Å². The second-order valence-corrected chi connectivity index (χ2v) is 7.50. The van der Waals surface area contributed by atoms with Gasteiger partial charge in [0.15, 0.2) is 0 Å². The summed E-state index contributed by atoms with van der Waals surface area (Å²) in [5.74, 6) is 1.53. The molecule has 1 N–H and O–H groups in total. The van der Waals surface area contributed by atoms with Crippen molar-refractivity contribution in [2.24, 2.45) is 0 Å². The molecule has 2 amide bonds. The van der Waals surface area contributed by atoms with Crippen molar-refractivity contribution < 1.29 is 14.3 Å². The smallest absolute Gasteiger partial charge is 0.317 e. The third-order valence-electron chi connectivity index (χ3n) is 5.12. The van der Waals surface area contributed by atoms with E-state index in [1.54, 1.807) is 0 Å². The zero-order valence-electron chi connectivity index (χ0n) is 14.7. The molecule has 3 aliphatic rings. The van der Waals surface area contributed by atoms with Crippen LogP contribution in [0, 0.1) is 0 Å². The van der Waals surface area contributed by atoms with Gasteiger partial charge in [-0.1, -0.05) is 0 Å². The zero-order valence-corrected chi connectivity index (χ0v) is 14.7. The number of aromatic nitrogens is 2. The Bertz CT molecular complexity index is 611. The summed E-state index contributed by atoms with van der Waals surface area (Å²) in [4.78, 5) is 23.2. The summed E-state index contributed by atoms with van der Waals surface area (Å²) in [6.45, 7) is 5.10. The van der Waals surface area contributed by atoms with E-state index < -0.39 is 0 Å². The molecule has 0 unspecified atom stereocenters. The van der Waals surface area contributed by atoms with Gasteiger partial charge in [0.2, 0.25) is 0 Å². The number of ether oxygens (including phenoxy) is 2. The molecule has 3 heterocycles. The topological polar surface area (TPSA) is 76.6 Å². The largest absolute Gasteiger partial charge is 0.378 e. The van der Waals surface area contributed by atoms with Crippen molar-refractivity contribution in [3.8, 4) is 0 Å². The highest BCUT2D eigenvalue weighted by atomic mass is 16.6. The maximum atomic E-state index is 12.5. The lowest BCUT2D eigenvalue weighted by atomic mass is 9.99. The number of hydrogen-bond donors (Lipinski definition) is 1. The highest BCUT2D eigenvalue weighted by molar-refractivity contribution is 5.74. The summed E-state index contributed by atoms with van der Waals surface area (Å²) < 4.78 is 11.5. The number of carbonyl (C=O) groups is 1. The average Bonchev–Trinajstić information content (AvgIpc) is 3.36. The predicted octanol–water partition coefficient (Wildman–Crippen LogP) is 1.49. The molecule has 7 heteroatoms. The van der Waals surface area contributed by atoms with Crippen molar-refractivity contribution in [1.29, 1.82) is 0 Å². The van der Waals surface area contributed by atoms with Gasteiger partial charge in [0, 0.05) is 44.4 Å². The Morgan fingerprint density at radius 1 is 1.40 bits per heavy atom. The molecule has 1 aromatic heterocycles. The molecule has 136 valence electrons. The van der Waals surface area contributed by atoms with E-state index in [0.717, 1.165) is 24.2 Å². The normalized spacial score (nSPS) is 29.2. The van der Waals surface area contributed by atoms with E-state index in [1.807, 2.05) is 24.2 Å². The zero-order chi connectivity index (χ0) is 17.3. The molecule has 0 aromatic carbocycles. The molecular formula is C18H26N4O3. The van der Waals surface area contributed by atoms with Crippen LogP contribution in [0.5, 0.6) is 0 Å². The van der Waals surface area contributed by atoms with Crippen molar-refractivity contribution >= 4 is 6.03 Å². The molecule has 1 saturated carbocycles. The van der Waals surface area contributed by atoms with Crippen LogP contribution in [-0.2, 0) is 15.9 Å². The lowest BCUT2D eigenvalue weighted by Crippen LogP contribution is -2.59. The second-order valence-electron chi connectivity index (χ2n) is 7.50. The number of amides is 2. The van der Waals surface area contributed by atoms with Gasteiger partial charge in [-0.15, -0.1) is 0 Å². The second kappa shape index (κ2) is 6.88. The molecule has 0 bridgehead atoms. The third kappa shape index (κ3) is 3.93. The Kier molecular flexibility index (Phi) is 4.60. The lowest BCUT2D eigenvalue weighted by Gasteiger charge is -2.42. The monoisotopic (exact) mass is 346 g/mol. The van der Waals surface area contributed by atoms with Crippen LogP contribution in [0.25, 0.3) is 0 Å². The van der Waals surface area contributed by atoms with Crippen molar-refractivity contribution in [2.45, 2.75) is 50.2 Å². The van der Waals surface area contributed by atoms with Gasteiger partial charge in [-0.2, -0.15) is 0 Å². The van der Waals surface area contributed by atoms with E-state index in [9.17, 15) is 4.79 Å². The third-order valence-corrected chi connectivity index (χ3v) is 5.12.